The summed E-state index contributed by atoms with van der Waals surface area (Å²) in [7, 11) is 0. The van der Waals surface area contributed by atoms with Crippen molar-refractivity contribution in [1.82, 2.24) is 9.55 Å². The number of nitrogens with zero attached hydrogens (tertiary/aromatic N) is 2. The lowest BCUT2D eigenvalue weighted by atomic mass is 9.93. The van der Waals surface area contributed by atoms with Crippen molar-refractivity contribution in [1.29, 1.82) is 0 Å². The van der Waals surface area contributed by atoms with Gasteiger partial charge in [-0.05, 0) is 49.6 Å². The van der Waals surface area contributed by atoms with E-state index < -0.39 is 0 Å². The zero-order valence-corrected chi connectivity index (χ0v) is 18.4. The number of rotatable bonds is 8. The molecule has 1 aromatic heterocycles. The number of anilines is 1. The van der Waals surface area contributed by atoms with E-state index >= 15 is 0 Å². The third-order valence-electron chi connectivity index (χ3n) is 5.38. The molecule has 1 N–H and O–H groups in total. The number of hydrogen-bond acceptors (Lipinski definition) is 5. The maximum Gasteiger partial charge on any atom is 0.338 e. The molecular formula is C25H29N3O3. The van der Waals surface area contributed by atoms with Gasteiger partial charge in [0.25, 0.3) is 0 Å². The van der Waals surface area contributed by atoms with Gasteiger partial charge in [0.15, 0.2) is 0 Å². The van der Waals surface area contributed by atoms with E-state index in [1.807, 2.05) is 55.5 Å². The quantitative estimate of drug-likeness (QED) is 0.491. The van der Waals surface area contributed by atoms with Crippen molar-refractivity contribution in [2.45, 2.75) is 46.1 Å². The summed E-state index contributed by atoms with van der Waals surface area (Å²) in [5.41, 5.74) is 4.37. The molecule has 31 heavy (non-hydrogen) atoms. The fraction of sp³-hybridized carbons (Fsp3) is 0.360. The van der Waals surface area contributed by atoms with Crippen molar-refractivity contribution in [2.24, 2.45) is 0 Å². The third kappa shape index (κ3) is 4.02. The summed E-state index contributed by atoms with van der Waals surface area (Å²) in [6.45, 7) is 7.03. The number of hydrogen-bond donors (Lipinski definition) is 1. The van der Waals surface area contributed by atoms with Crippen molar-refractivity contribution in [3.63, 3.8) is 0 Å². The first-order chi connectivity index (χ1) is 15.2. The van der Waals surface area contributed by atoms with Gasteiger partial charge in [-0.3, -0.25) is 4.57 Å². The van der Waals surface area contributed by atoms with E-state index in [1.54, 1.807) is 0 Å². The zero-order valence-electron chi connectivity index (χ0n) is 18.4. The van der Waals surface area contributed by atoms with Gasteiger partial charge in [0.1, 0.15) is 5.75 Å². The second-order valence-electron chi connectivity index (χ2n) is 7.60. The highest BCUT2D eigenvalue weighted by Crippen LogP contribution is 2.41. The fourth-order valence-electron chi connectivity index (χ4n) is 4.06. The minimum absolute atomic E-state index is 0.293. The highest BCUT2D eigenvalue weighted by Gasteiger charge is 2.35. The molecule has 1 aliphatic rings. The Morgan fingerprint density at radius 1 is 1.06 bits per heavy atom. The maximum absolute atomic E-state index is 13.2. The molecule has 0 saturated carbocycles. The molecular weight excluding hydrogens is 390 g/mol. The molecule has 4 rings (SSSR count). The second kappa shape index (κ2) is 9.25. The monoisotopic (exact) mass is 419 g/mol. The Bertz CT molecular complexity index is 1100. The smallest absolute Gasteiger partial charge is 0.338 e. The highest BCUT2D eigenvalue weighted by molar-refractivity contribution is 5.94. The molecule has 6 nitrogen and oxygen atoms in total. The van der Waals surface area contributed by atoms with Gasteiger partial charge in [0.05, 0.1) is 35.9 Å². The number of esters is 1. The van der Waals surface area contributed by atoms with Crippen LogP contribution in [0.1, 0.15) is 51.6 Å². The molecule has 1 unspecified atom stereocenters. The largest absolute Gasteiger partial charge is 0.494 e. The highest BCUT2D eigenvalue weighted by atomic mass is 16.5. The SMILES string of the molecule is CCCOc1ccc(C2C(C(=O)OCC)=C(CCC)Nc3nc4ccccc4n32)cc1. The standard InChI is InChI=1S/C25H29N3O3/c1-4-9-20-22(24(29)30-6-3)23(17-12-14-18(15-13-17)31-16-5-2)28-21-11-8-7-10-19(21)26-25(28)27-20/h7-8,10-15,23H,4-6,9,16H2,1-3H3,(H,26,27). The summed E-state index contributed by atoms with van der Waals surface area (Å²) < 4.78 is 13.4. The number of carbonyl (C=O) groups excluding carboxylic acids is 1. The van der Waals surface area contributed by atoms with Crippen LogP contribution in [0.4, 0.5) is 5.95 Å². The number of para-hydroxylation sites is 2. The average Bonchev–Trinajstić information content (AvgIpc) is 3.15. The number of carbonyl (C=O) groups is 1. The maximum atomic E-state index is 13.2. The van der Waals surface area contributed by atoms with Crippen LogP contribution in [0.25, 0.3) is 11.0 Å². The van der Waals surface area contributed by atoms with Gasteiger partial charge in [-0.15, -0.1) is 0 Å². The molecule has 1 aliphatic heterocycles. The molecule has 0 fully saturated rings. The number of nitrogens with one attached hydrogen (secondary N) is 1. The number of ether oxygens (including phenoxy) is 2. The molecule has 1 atom stereocenters. The van der Waals surface area contributed by atoms with Crippen LogP contribution in [0.5, 0.6) is 5.75 Å². The lowest BCUT2D eigenvalue weighted by molar-refractivity contribution is -0.139. The fourth-order valence-corrected chi connectivity index (χ4v) is 4.06. The summed E-state index contributed by atoms with van der Waals surface area (Å²) in [4.78, 5) is 18.0. The third-order valence-corrected chi connectivity index (χ3v) is 5.38. The molecule has 0 spiro atoms. The number of imidazole rings is 1. The van der Waals surface area contributed by atoms with Crippen LogP contribution in [0, 0.1) is 0 Å². The van der Waals surface area contributed by atoms with E-state index in [0.717, 1.165) is 53.3 Å². The average molecular weight is 420 g/mol. The van der Waals surface area contributed by atoms with Crippen LogP contribution in [-0.4, -0.2) is 28.7 Å². The first-order valence-corrected chi connectivity index (χ1v) is 11.0. The molecule has 0 radical (unpaired) electrons. The van der Waals surface area contributed by atoms with Gasteiger partial charge in [0, 0.05) is 5.70 Å². The molecule has 3 aromatic rings. The summed E-state index contributed by atoms with van der Waals surface area (Å²) in [5, 5.41) is 3.42. The number of allylic oxidation sites excluding steroid dienone is 1. The van der Waals surface area contributed by atoms with Crippen molar-refractivity contribution in [3.8, 4) is 5.75 Å². The van der Waals surface area contributed by atoms with Gasteiger partial charge >= 0.3 is 5.97 Å². The number of fused-ring (bicyclic) bond motifs is 3. The minimum atomic E-state index is -0.329. The number of benzene rings is 2. The summed E-state index contributed by atoms with van der Waals surface area (Å²) >= 11 is 0. The Kier molecular flexibility index (Phi) is 6.26. The van der Waals surface area contributed by atoms with Crippen LogP contribution in [0.15, 0.2) is 59.8 Å². The van der Waals surface area contributed by atoms with Gasteiger partial charge in [-0.1, -0.05) is 44.5 Å². The van der Waals surface area contributed by atoms with Gasteiger partial charge in [-0.2, -0.15) is 0 Å². The predicted molar refractivity (Wildman–Crippen MR) is 122 cm³/mol. The second-order valence-corrected chi connectivity index (χ2v) is 7.60. The normalized spacial score (nSPS) is 15.5. The van der Waals surface area contributed by atoms with Crippen molar-refractivity contribution in [3.05, 3.63) is 65.4 Å². The Morgan fingerprint density at radius 2 is 1.84 bits per heavy atom. The molecule has 0 aliphatic carbocycles. The lowest BCUT2D eigenvalue weighted by Gasteiger charge is -2.31. The van der Waals surface area contributed by atoms with Crippen molar-refractivity contribution >= 4 is 23.0 Å². The van der Waals surface area contributed by atoms with Crippen LogP contribution in [0.2, 0.25) is 0 Å². The van der Waals surface area contributed by atoms with E-state index in [4.69, 9.17) is 14.5 Å². The molecule has 6 heteroatoms. The molecule has 0 bridgehead atoms. The molecule has 2 aromatic carbocycles. The first-order valence-electron chi connectivity index (χ1n) is 11.0. The summed E-state index contributed by atoms with van der Waals surface area (Å²) in [6.07, 6.45) is 2.60. The minimum Gasteiger partial charge on any atom is -0.494 e. The van der Waals surface area contributed by atoms with Gasteiger partial charge < -0.3 is 14.8 Å². The van der Waals surface area contributed by atoms with Gasteiger partial charge in [-0.25, -0.2) is 9.78 Å². The zero-order chi connectivity index (χ0) is 21.8. The Labute approximate surface area is 182 Å². The van der Waals surface area contributed by atoms with E-state index in [0.29, 0.717) is 18.8 Å². The molecule has 162 valence electrons. The van der Waals surface area contributed by atoms with E-state index in [2.05, 4.69) is 23.7 Å². The van der Waals surface area contributed by atoms with Crippen LogP contribution < -0.4 is 10.1 Å². The number of aromatic nitrogens is 2. The topological polar surface area (TPSA) is 65.4 Å². The molecule has 0 amide bonds. The van der Waals surface area contributed by atoms with Crippen LogP contribution in [-0.2, 0) is 9.53 Å². The van der Waals surface area contributed by atoms with E-state index in [-0.39, 0.29) is 12.0 Å². The molecule has 2 heterocycles. The molecule has 0 saturated heterocycles. The Hall–Kier alpha value is -3.28. The van der Waals surface area contributed by atoms with Crippen molar-refractivity contribution < 1.29 is 14.3 Å². The van der Waals surface area contributed by atoms with E-state index in [9.17, 15) is 4.79 Å². The Balaban J connectivity index is 1.89. The lowest BCUT2D eigenvalue weighted by Crippen LogP contribution is -2.29. The van der Waals surface area contributed by atoms with Crippen LogP contribution in [0.3, 0.4) is 0 Å². The first kappa shape index (κ1) is 21.0. The predicted octanol–water partition coefficient (Wildman–Crippen LogP) is 5.46. The Morgan fingerprint density at radius 3 is 2.55 bits per heavy atom. The summed E-state index contributed by atoms with van der Waals surface area (Å²) in [5.74, 6) is 1.28. The van der Waals surface area contributed by atoms with Gasteiger partial charge in [0.2, 0.25) is 5.95 Å². The van der Waals surface area contributed by atoms with E-state index in [1.165, 1.54) is 0 Å². The van der Waals surface area contributed by atoms with Crippen LogP contribution >= 0.6 is 0 Å². The van der Waals surface area contributed by atoms with Crippen molar-refractivity contribution in [2.75, 3.05) is 18.5 Å². The summed E-state index contributed by atoms with van der Waals surface area (Å²) in [6, 6.07) is 15.7.